The molecule has 0 aromatic carbocycles. The Balaban J connectivity index is 4.50. The zero-order valence-electron chi connectivity index (χ0n) is 43.6. The molecule has 382 valence electrons. The highest BCUT2D eigenvalue weighted by Crippen LogP contribution is 2.14. The van der Waals surface area contributed by atoms with E-state index in [1.165, 1.54) is 122 Å². The molecule has 0 aliphatic heterocycles. The molecule has 0 heterocycles. The highest BCUT2D eigenvalue weighted by atomic mass is 16.6. The molecule has 1 unspecified atom stereocenters. The van der Waals surface area contributed by atoms with Crippen molar-refractivity contribution in [2.75, 3.05) is 13.2 Å². The first kappa shape index (κ1) is 63.3. The fraction of sp³-hybridized carbons (Fsp3) is 0.689. The van der Waals surface area contributed by atoms with Crippen molar-refractivity contribution in [3.05, 3.63) is 97.2 Å². The molecule has 0 aromatic heterocycles. The van der Waals surface area contributed by atoms with Crippen molar-refractivity contribution in [3.63, 3.8) is 0 Å². The number of allylic oxidation sites excluding steroid dienone is 16. The smallest absolute Gasteiger partial charge is 0.306 e. The van der Waals surface area contributed by atoms with E-state index in [1.54, 1.807) is 0 Å². The van der Waals surface area contributed by atoms with E-state index in [2.05, 4.69) is 112 Å². The summed E-state index contributed by atoms with van der Waals surface area (Å²) in [5.74, 6) is -1.05. The maximum atomic E-state index is 12.8. The van der Waals surface area contributed by atoms with Crippen LogP contribution < -0.4 is 0 Å². The number of carbonyl (C=O) groups is 3. The van der Waals surface area contributed by atoms with Gasteiger partial charge in [0.25, 0.3) is 0 Å². The lowest BCUT2D eigenvalue weighted by Gasteiger charge is -2.18. The third-order valence-corrected chi connectivity index (χ3v) is 11.6. The molecule has 0 spiro atoms. The quantitative estimate of drug-likeness (QED) is 0.0262. The van der Waals surface area contributed by atoms with Crippen molar-refractivity contribution < 1.29 is 28.6 Å². The van der Waals surface area contributed by atoms with Crippen molar-refractivity contribution >= 4 is 17.9 Å². The van der Waals surface area contributed by atoms with Gasteiger partial charge in [-0.15, -0.1) is 0 Å². The molecule has 1 atom stereocenters. The van der Waals surface area contributed by atoms with Crippen LogP contribution in [0.25, 0.3) is 0 Å². The van der Waals surface area contributed by atoms with Gasteiger partial charge >= 0.3 is 17.9 Å². The lowest BCUT2D eigenvalue weighted by molar-refractivity contribution is -0.166. The zero-order chi connectivity index (χ0) is 48.6. The molecule has 67 heavy (non-hydrogen) atoms. The van der Waals surface area contributed by atoms with Gasteiger partial charge in [0.05, 0.1) is 0 Å². The van der Waals surface area contributed by atoms with Crippen molar-refractivity contribution in [3.8, 4) is 0 Å². The van der Waals surface area contributed by atoms with Crippen LogP contribution in [0.2, 0.25) is 0 Å². The summed E-state index contributed by atoms with van der Waals surface area (Å²) < 4.78 is 16.7. The molecule has 0 amide bonds. The molecule has 0 saturated heterocycles. The Hall–Kier alpha value is -3.67. The number of esters is 3. The summed E-state index contributed by atoms with van der Waals surface area (Å²) in [6, 6.07) is 0. The minimum absolute atomic E-state index is 0.118. The Morgan fingerprint density at radius 3 is 1.04 bits per heavy atom. The van der Waals surface area contributed by atoms with E-state index >= 15 is 0 Å². The Morgan fingerprint density at radius 1 is 0.313 bits per heavy atom. The minimum Gasteiger partial charge on any atom is -0.462 e. The number of ether oxygens (including phenoxy) is 3. The predicted octanol–water partition coefficient (Wildman–Crippen LogP) is 18.5. The average molecular weight is 931 g/mol. The van der Waals surface area contributed by atoms with E-state index in [-0.39, 0.29) is 44.0 Å². The summed E-state index contributed by atoms with van der Waals surface area (Å²) in [7, 11) is 0. The normalized spacial score (nSPS) is 12.8. The van der Waals surface area contributed by atoms with Gasteiger partial charge in [0.1, 0.15) is 13.2 Å². The van der Waals surface area contributed by atoms with Crippen LogP contribution in [-0.4, -0.2) is 37.2 Å². The lowest BCUT2D eigenvalue weighted by Crippen LogP contribution is -2.30. The van der Waals surface area contributed by atoms with E-state index in [4.69, 9.17) is 14.2 Å². The van der Waals surface area contributed by atoms with E-state index in [0.717, 1.165) is 77.0 Å². The topological polar surface area (TPSA) is 78.9 Å². The molecule has 0 fully saturated rings. The number of rotatable bonds is 49. The fourth-order valence-corrected chi connectivity index (χ4v) is 7.41. The average Bonchev–Trinajstić information content (AvgIpc) is 3.33. The number of unbranched alkanes of at least 4 members (excludes halogenated alkanes) is 22. The summed E-state index contributed by atoms with van der Waals surface area (Å²) in [5, 5.41) is 0. The second kappa shape index (κ2) is 54.9. The highest BCUT2D eigenvalue weighted by Gasteiger charge is 2.19. The van der Waals surface area contributed by atoms with Gasteiger partial charge in [-0.3, -0.25) is 14.4 Å². The lowest BCUT2D eigenvalue weighted by atomic mass is 10.1. The molecule has 0 N–H and O–H groups in total. The van der Waals surface area contributed by atoms with Gasteiger partial charge in [-0.2, -0.15) is 0 Å². The Kier molecular flexibility index (Phi) is 51.9. The molecule has 0 aliphatic carbocycles. The summed E-state index contributed by atoms with van der Waals surface area (Å²) in [5.41, 5.74) is 0. The van der Waals surface area contributed by atoms with Gasteiger partial charge in [-0.25, -0.2) is 0 Å². The van der Waals surface area contributed by atoms with Crippen LogP contribution in [0.5, 0.6) is 0 Å². The molecule has 0 aliphatic rings. The van der Waals surface area contributed by atoms with Crippen LogP contribution in [-0.2, 0) is 28.6 Å². The largest absolute Gasteiger partial charge is 0.462 e. The highest BCUT2D eigenvalue weighted by molar-refractivity contribution is 5.71. The molecular weight excluding hydrogens is 829 g/mol. The minimum atomic E-state index is -0.829. The molecule has 0 rings (SSSR count). The second-order valence-electron chi connectivity index (χ2n) is 18.1. The van der Waals surface area contributed by atoms with Crippen molar-refractivity contribution in [1.82, 2.24) is 0 Å². The molecule has 0 aromatic rings. The summed E-state index contributed by atoms with van der Waals surface area (Å²) in [6.07, 6.45) is 72.7. The molecule has 0 saturated carbocycles. The zero-order valence-corrected chi connectivity index (χ0v) is 43.6. The van der Waals surface area contributed by atoms with Gasteiger partial charge in [-0.1, -0.05) is 227 Å². The van der Waals surface area contributed by atoms with Gasteiger partial charge in [0, 0.05) is 19.3 Å². The number of hydrogen-bond donors (Lipinski definition) is 0. The second-order valence-corrected chi connectivity index (χ2v) is 18.1. The van der Waals surface area contributed by atoms with Crippen LogP contribution in [0.1, 0.15) is 252 Å². The molecule has 6 nitrogen and oxygen atoms in total. The predicted molar refractivity (Wildman–Crippen MR) is 288 cm³/mol. The van der Waals surface area contributed by atoms with Gasteiger partial charge in [0.15, 0.2) is 6.10 Å². The first-order valence-corrected chi connectivity index (χ1v) is 27.7. The molecular formula is C61H102O6. The molecule has 6 heteroatoms. The van der Waals surface area contributed by atoms with Gasteiger partial charge in [-0.05, 0) is 103 Å². The third kappa shape index (κ3) is 53.2. The Labute approximate surface area is 413 Å². The van der Waals surface area contributed by atoms with Gasteiger partial charge < -0.3 is 14.2 Å². The van der Waals surface area contributed by atoms with Crippen molar-refractivity contribution in [2.45, 2.75) is 258 Å². The Morgan fingerprint density at radius 2 is 0.627 bits per heavy atom. The Bertz CT molecular complexity index is 1350. The fourth-order valence-electron chi connectivity index (χ4n) is 7.41. The van der Waals surface area contributed by atoms with Crippen LogP contribution >= 0.6 is 0 Å². The van der Waals surface area contributed by atoms with E-state index < -0.39 is 6.10 Å². The van der Waals surface area contributed by atoms with Crippen molar-refractivity contribution in [1.29, 1.82) is 0 Å². The van der Waals surface area contributed by atoms with E-state index in [1.807, 2.05) is 6.08 Å². The van der Waals surface area contributed by atoms with Crippen LogP contribution in [0.4, 0.5) is 0 Å². The monoisotopic (exact) mass is 931 g/mol. The van der Waals surface area contributed by atoms with Gasteiger partial charge in [0.2, 0.25) is 0 Å². The standard InChI is InChI=1S/C61H102O6/c1-4-7-10-13-16-19-22-25-27-29-30-32-33-36-39-42-45-48-51-54-60(63)66-57-58(56-65-59(62)53-50-47-44-41-38-35-24-21-18-15-12-9-6-3)67-61(64)55-52-49-46-43-40-37-34-31-28-26-23-20-17-14-11-8-5-2/h7,10,16,19,25-28,34-35,37-38,43-44,46-47,58H,4-6,8-9,11-15,17-18,20-24,29-33,36,39-42,45,48-57H2,1-3H3/b10-7-,19-16-,27-25-,28-26-,37-34-,38-35-,46-43-,47-44-. The van der Waals surface area contributed by atoms with Crippen LogP contribution in [0.15, 0.2) is 97.2 Å². The van der Waals surface area contributed by atoms with Crippen LogP contribution in [0.3, 0.4) is 0 Å². The van der Waals surface area contributed by atoms with E-state index in [9.17, 15) is 14.4 Å². The van der Waals surface area contributed by atoms with E-state index in [0.29, 0.717) is 19.3 Å². The van der Waals surface area contributed by atoms with Crippen LogP contribution in [0, 0.1) is 0 Å². The maximum Gasteiger partial charge on any atom is 0.306 e. The summed E-state index contributed by atoms with van der Waals surface area (Å²) >= 11 is 0. The summed E-state index contributed by atoms with van der Waals surface area (Å²) in [6.45, 7) is 6.42. The number of hydrogen-bond acceptors (Lipinski definition) is 6. The maximum absolute atomic E-state index is 12.8. The number of carbonyl (C=O) groups excluding carboxylic acids is 3. The summed E-state index contributed by atoms with van der Waals surface area (Å²) in [4.78, 5) is 38.0. The molecule has 0 radical (unpaired) electrons. The first-order valence-electron chi connectivity index (χ1n) is 27.7. The van der Waals surface area contributed by atoms with Crippen molar-refractivity contribution in [2.24, 2.45) is 0 Å². The SMILES string of the molecule is CC/C=C\C/C=C\C/C=C\CCCCCCCCCCCC(=O)OCC(COC(=O)CC/C=C\C/C=C\CCCCCCCC)OC(=O)CCC/C=C\C/C=C\C/C=C\CCCCCCCC. The first-order chi connectivity index (χ1) is 33.0. The third-order valence-electron chi connectivity index (χ3n) is 11.6. The molecule has 0 bridgehead atoms.